The molecule has 4 aromatic rings. The van der Waals surface area contributed by atoms with Gasteiger partial charge in [0.15, 0.2) is 11.4 Å². The van der Waals surface area contributed by atoms with Crippen molar-refractivity contribution in [2.24, 2.45) is 0 Å². The summed E-state index contributed by atoms with van der Waals surface area (Å²) < 4.78 is 7.34. The van der Waals surface area contributed by atoms with Gasteiger partial charge < -0.3 is 24.7 Å². The minimum absolute atomic E-state index is 0.241. The normalized spacial score (nSPS) is 18.4. The van der Waals surface area contributed by atoms with E-state index in [0.29, 0.717) is 46.1 Å². The van der Waals surface area contributed by atoms with E-state index < -0.39 is 0 Å². The maximum absolute atomic E-state index is 13.4. The summed E-state index contributed by atoms with van der Waals surface area (Å²) in [5.74, 6) is 0.971. The zero-order valence-electron chi connectivity index (χ0n) is 20.1. The highest BCUT2D eigenvalue weighted by Crippen LogP contribution is 2.31. The van der Waals surface area contributed by atoms with Gasteiger partial charge in [-0.05, 0) is 39.8 Å². The van der Waals surface area contributed by atoms with Gasteiger partial charge in [-0.25, -0.2) is 15.0 Å². The molecule has 1 fully saturated rings. The van der Waals surface area contributed by atoms with Crippen LogP contribution in [-0.4, -0.2) is 57.5 Å². The van der Waals surface area contributed by atoms with Crippen LogP contribution in [0.5, 0.6) is 5.75 Å². The van der Waals surface area contributed by atoms with E-state index in [2.05, 4.69) is 44.3 Å². The number of amides is 1. The fourth-order valence-electron chi connectivity index (χ4n) is 4.78. The number of carbonyl (C=O) groups excluding carboxylic acids is 1. The lowest BCUT2D eigenvalue weighted by molar-refractivity contribution is 0.102. The number of rotatable bonds is 4. The van der Waals surface area contributed by atoms with E-state index in [-0.39, 0.29) is 5.91 Å². The van der Waals surface area contributed by atoms with E-state index in [1.165, 1.54) is 0 Å². The van der Waals surface area contributed by atoms with Crippen molar-refractivity contribution in [3.05, 3.63) is 53.9 Å². The van der Waals surface area contributed by atoms with Crippen LogP contribution in [0.1, 0.15) is 35.7 Å². The van der Waals surface area contributed by atoms with Crippen LogP contribution in [0.4, 0.5) is 11.4 Å². The van der Waals surface area contributed by atoms with Gasteiger partial charge in [-0.2, -0.15) is 0 Å². The predicted molar refractivity (Wildman–Crippen MR) is 133 cm³/mol. The first-order valence-corrected chi connectivity index (χ1v) is 11.4. The number of pyridine rings is 1. The molecule has 1 aromatic carbocycles. The molecule has 0 spiro atoms. The topological polar surface area (TPSA) is 96.7 Å². The molecule has 3 aromatic heterocycles. The van der Waals surface area contributed by atoms with Crippen LogP contribution in [0.2, 0.25) is 0 Å². The zero-order valence-corrected chi connectivity index (χ0v) is 20.1. The van der Waals surface area contributed by atoms with Crippen LogP contribution in [0.15, 0.2) is 36.8 Å². The quantitative estimate of drug-likeness (QED) is 0.483. The van der Waals surface area contributed by atoms with Crippen molar-refractivity contribution in [3.63, 3.8) is 0 Å². The van der Waals surface area contributed by atoms with Gasteiger partial charge in [0.2, 0.25) is 0 Å². The van der Waals surface area contributed by atoms with Crippen molar-refractivity contribution in [3.8, 4) is 5.75 Å². The van der Waals surface area contributed by atoms with Crippen LogP contribution in [0.3, 0.4) is 0 Å². The third kappa shape index (κ3) is 4.03. The van der Waals surface area contributed by atoms with Gasteiger partial charge >= 0.3 is 0 Å². The first-order chi connectivity index (χ1) is 16.3. The Labute approximate surface area is 198 Å². The second-order valence-corrected chi connectivity index (χ2v) is 9.05. The third-order valence-corrected chi connectivity index (χ3v) is 6.11. The SMILES string of the molecule is COc1cc(NC(=O)c2ccc(N3C[C@@H](C)N[C@@H](C)C3)c3cnc(C)nc23)cn2cc(C)nc12. The predicted octanol–water partition coefficient (Wildman–Crippen LogP) is 3.34. The number of fused-ring (bicyclic) bond motifs is 2. The number of aryl methyl sites for hydroxylation is 2. The summed E-state index contributed by atoms with van der Waals surface area (Å²) in [6.45, 7) is 9.87. The van der Waals surface area contributed by atoms with Crippen LogP contribution < -0.4 is 20.3 Å². The number of carbonyl (C=O) groups is 1. The van der Waals surface area contributed by atoms with Crippen molar-refractivity contribution >= 4 is 33.8 Å². The zero-order chi connectivity index (χ0) is 24.0. The summed E-state index contributed by atoms with van der Waals surface area (Å²) in [5.41, 5.74) is 4.38. The summed E-state index contributed by atoms with van der Waals surface area (Å²) in [7, 11) is 1.59. The second-order valence-electron chi connectivity index (χ2n) is 9.05. The number of aromatic nitrogens is 4. The summed E-state index contributed by atoms with van der Waals surface area (Å²) >= 11 is 0. The number of benzene rings is 1. The lowest BCUT2D eigenvalue weighted by Crippen LogP contribution is -2.54. The molecule has 0 radical (unpaired) electrons. The Hall–Kier alpha value is -3.72. The number of anilines is 2. The molecule has 0 saturated carbocycles. The van der Waals surface area contributed by atoms with Gasteiger partial charge in [-0.15, -0.1) is 0 Å². The fraction of sp³-hybridized carbons (Fsp3) is 0.360. The van der Waals surface area contributed by atoms with Crippen molar-refractivity contribution in [1.82, 2.24) is 24.7 Å². The summed E-state index contributed by atoms with van der Waals surface area (Å²) in [6, 6.07) is 6.37. The van der Waals surface area contributed by atoms with Crippen molar-refractivity contribution < 1.29 is 9.53 Å². The van der Waals surface area contributed by atoms with E-state index in [1.54, 1.807) is 13.2 Å². The monoisotopic (exact) mass is 459 g/mol. The van der Waals surface area contributed by atoms with Gasteiger partial charge in [0.1, 0.15) is 5.82 Å². The standard InChI is InChI=1S/C25H29N7O2/c1-14-10-31(11-15(2)27-14)21-7-6-19(23-20(21)9-26-17(4)29-23)25(33)30-18-8-22(34-5)24-28-16(3)12-32(24)13-18/h6-9,12-15,27H,10-11H2,1-5H3,(H,30,33)/t14-,15+. The Morgan fingerprint density at radius 2 is 1.91 bits per heavy atom. The lowest BCUT2D eigenvalue weighted by Gasteiger charge is -2.38. The van der Waals surface area contributed by atoms with Crippen molar-refractivity contribution in [2.45, 2.75) is 39.8 Å². The molecule has 0 bridgehead atoms. The van der Waals surface area contributed by atoms with Crippen molar-refractivity contribution in [1.29, 1.82) is 0 Å². The van der Waals surface area contributed by atoms with Crippen LogP contribution >= 0.6 is 0 Å². The minimum Gasteiger partial charge on any atom is -0.493 e. The first kappa shape index (κ1) is 22.1. The molecule has 4 heterocycles. The molecule has 176 valence electrons. The third-order valence-electron chi connectivity index (χ3n) is 6.11. The number of nitrogens with one attached hydrogen (secondary N) is 2. The van der Waals surface area contributed by atoms with Gasteiger partial charge in [-0.1, -0.05) is 0 Å². The minimum atomic E-state index is -0.241. The molecule has 1 amide bonds. The van der Waals surface area contributed by atoms with Gasteiger partial charge in [0, 0.05) is 60.9 Å². The number of ether oxygens (including phenoxy) is 1. The van der Waals surface area contributed by atoms with Crippen LogP contribution in [0, 0.1) is 13.8 Å². The van der Waals surface area contributed by atoms with Gasteiger partial charge in [0.25, 0.3) is 5.91 Å². The average molecular weight is 460 g/mol. The molecular weight excluding hydrogens is 430 g/mol. The van der Waals surface area contributed by atoms with Crippen molar-refractivity contribution in [2.75, 3.05) is 30.4 Å². The number of methoxy groups -OCH3 is 1. The number of hydrogen-bond acceptors (Lipinski definition) is 7. The second kappa shape index (κ2) is 8.57. The maximum Gasteiger partial charge on any atom is 0.257 e. The lowest BCUT2D eigenvalue weighted by atomic mass is 10.0. The largest absolute Gasteiger partial charge is 0.493 e. The van der Waals surface area contributed by atoms with E-state index in [9.17, 15) is 4.79 Å². The Morgan fingerprint density at radius 1 is 1.15 bits per heavy atom. The summed E-state index contributed by atoms with van der Waals surface area (Å²) in [5, 5.41) is 7.44. The molecule has 0 unspecified atom stereocenters. The smallest absolute Gasteiger partial charge is 0.257 e. The number of imidazole rings is 1. The Kier molecular flexibility index (Phi) is 5.57. The highest BCUT2D eigenvalue weighted by Gasteiger charge is 2.24. The highest BCUT2D eigenvalue weighted by molar-refractivity contribution is 6.13. The number of piperazine rings is 1. The molecular formula is C25H29N7O2. The molecule has 34 heavy (non-hydrogen) atoms. The molecule has 5 rings (SSSR count). The maximum atomic E-state index is 13.4. The number of nitrogens with zero attached hydrogens (tertiary/aromatic N) is 5. The number of hydrogen-bond donors (Lipinski definition) is 2. The highest BCUT2D eigenvalue weighted by atomic mass is 16.5. The molecule has 1 aliphatic rings. The Balaban J connectivity index is 1.53. The average Bonchev–Trinajstić information content (AvgIpc) is 3.16. The molecule has 2 N–H and O–H groups in total. The Bertz CT molecular complexity index is 1390. The fourth-order valence-corrected chi connectivity index (χ4v) is 4.78. The van der Waals surface area contributed by atoms with Gasteiger partial charge in [-0.3, -0.25) is 4.79 Å². The van der Waals surface area contributed by atoms with E-state index in [0.717, 1.165) is 29.9 Å². The molecule has 1 aliphatic heterocycles. The van der Waals surface area contributed by atoms with Crippen LogP contribution in [-0.2, 0) is 0 Å². The van der Waals surface area contributed by atoms with Gasteiger partial charge in [0.05, 0.1) is 29.6 Å². The van der Waals surface area contributed by atoms with E-state index >= 15 is 0 Å². The molecule has 9 nitrogen and oxygen atoms in total. The molecule has 0 aliphatic carbocycles. The summed E-state index contributed by atoms with van der Waals surface area (Å²) in [4.78, 5) is 29.3. The first-order valence-electron chi connectivity index (χ1n) is 11.4. The molecule has 9 heteroatoms. The van der Waals surface area contributed by atoms with E-state index in [1.807, 2.05) is 49.0 Å². The Morgan fingerprint density at radius 3 is 2.65 bits per heavy atom. The van der Waals surface area contributed by atoms with Crippen LogP contribution in [0.25, 0.3) is 16.6 Å². The summed E-state index contributed by atoms with van der Waals surface area (Å²) in [6.07, 6.45) is 5.55. The molecule has 1 saturated heterocycles. The van der Waals surface area contributed by atoms with E-state index in [4.69, 9.17) is 4.74 Å². The molecule has 2 atom stereocenters.